The van der Waals surface area contributed by atoms with Crippen molar-refractivity contribution >= 4 is 95.2 Å². The van der Waals surface area contributed by atoms with Crippen molar-refractivity contribution in [3.63, 3.8) is 0 Å². The van der Waals surface area contributed by atoms with E-state index in [-0.39, 0.29) is 24.0 Å². The fraction of sp³-hybridized carbons (Fsp3) is 0.222. The van der Waals surface area contributed by atoms with Gasteiger partial charge in [0.2, 0.25) is 15.0 Å². The van der Waals surface area contributed by atoms with Crippen molar-refractivity contribution < 1.29 is 38.0 Å². The predicted octanol–water partition coefficient (Wildman–Crippen LogP) is 2.09. The summed E-state index contributed by atoms with van der Waals surface area (Å²) in [5.74, 6) is 1.36. The van der Waals surface area contributed by atoms with Gasteiger partial charge in [0.25, 0.3) is 0 Å². The number of thiocarbonyl (C=S) groups is 2. The fourth-order valence-corrected chi connectivity index (χ4v) is 4.49. The van der Waals surface area contributed by atoms with Gasteiger partial charge in [-0.15, -0.1) is 0 Å². The van der Waals surface area contributed by atoms with Crippen LogP contribution in [-0.2, 0) is 7.05 Å². The molecule has 0 bridgehead atoms. The number of thioether (sulfide) groups is 2. The van der Waals surface area contributed by atoms with Gasteiger partial charge in [-0.05, 0) is 81.5 Å². The molecule has 0 atom stereocenters. The average molecular weight is 785 g/mol. The van der Waals surface area contributed by atoms with Crippen molar-refractivity contribution in [1.82, 2.24) is 14.3 Å². The molecule has 168 valence electrons. The highest BCUT2D eigenvalue weighted by Gasteiger charge is 2.11. The number of aryl methyl sites for hydroxylation is 1. The van der Waals surface area contributed by atoms with E-state index in [9.17, 15) is 0 Å². The number of benzene rings is 1. The highest BCUT2D eigenvalue weighted by atomic mass is 127. The molecule has 3 rings (SSSR count). The summed E-state index contributed by atoms with van der Waals surface area (Å²) >= 11 is 18.7. The Morgan fingerprint density at radius 3 is 2.52 bits per heavy atom. The van der Waals surface area contributed by atoms with Crippen LogP contribution in [0.1, 0.15) is 0 Å². The Kier molecular flexibility index (Phi) is 13.5. The van der Waals surface area contributed by atoms with E-state index in [1.807, 2.05) is 59.5 Å². The Balaban J connectivity index is 0.000000370. The normalized spacial score (nSPS) is 9.87. The van der Waals surface area contributed by atoms with E-state index in [1.165, 1.54) is 11.8 Å². The first-order chi connectivity index (χ1) is 14.3. The molecule has 2 heterocycles. The van der Waals surface area contributed by atoms with Crippen molar-refractivity contribution in [3.05, 3.63) is 51.3 Å². The fourth-order valence-electron chi connectivity index (χ4n) is 2.14. The van der Waals surface area contributed by atoms with Crippen molar-refractivity contribution in [1.29, 1.82) is 0 Å². The van der Waals surface area contributed by atoms with Crippen LogP contribution in [0.2, 0.25) is 0 Å². The van der Waals surface area contributed by atoms with Gasteiger partial charge in [-0.1, -0.05) is 23.5 Å². The molecule has 0 amide bonds. The molecule has 0 spiro atoms. The Morgan fingerprint density at radius 2 is 1.97 bits per heavy atom. The molecule has 0 N–H and O–H groups in total. The first-order valence-corrected chi connectivity index (χ1v) is 13.4. The van der Waals surface area contributed by atoms with Gasteiger partial charge >= 0.3 is 0 Å². The molecule has 31 heavy (non-hydrogen) atoms. The molecular weight excluding hydrogens is 766 g/mol. The van der Waals surface area contributed by atoms with Crippen LogP contribution < -0.4 is 38.0 Å². The first-order valence-electron chi connectivity index (χ1n) is 8.24. The summed E-state index contributed by atoms with van der Waals surface area (Å²) in [7, 11) is 3.60. The van der Waals surface area contributed by atoms with Gasteiger partial charge < -0.3 is 33.5 Å². The number of rotatable bonds is 3. The molecule has 0 fully saturated rings. The van der Waals surface area contributed by atoms with Crippen molar-refractivity contribution in [2.75, 3.05) is 19.6 Å². The lowest BCUT2D eigenvalue weighted by atomic mass is 10.3. The van der Waals surface area contributed by atoms with Gasteiger partial charge in [-0.2, -0.15) is 9.67 Å². The molecule has 2 aromatic heterocycles. The van der Waals surface area contributed by atoms with Crippen LogP contribution in [0.4, 0.5) is 0 Å². The Labute approximate surface area is 240 Å². The summed E-state index contributed by atoms with van der Waals surface area (Å²) < 4.78 is 19.7. The van der Waals surface area contributed by atoms with Gasteiger partial charge in [0.1, 0.15) is 18.1 Å². The van der Waals surface area contributed by atoms with E-state index in [0.29, 0.717) is 10.1 Å². The number of hydrogen-bond acceptors (Lipinski definition) is 7. The molecular formula is C18H19BrI2N4O2S4. The molecule has 0 aliphatic carbocycles. The highest BCUT2D eigenvalue weighted by Crippen LogP contribution is 2.31. The van der Waals surface area contributed by atoms with Gasteiger partial charge in [0, 0.05) is 9.64 Å². The maximum Gasteiger partial charge on any atom is 0.249 e. The number of hydrogen-bond donors (Lipinski definition) is 0. The second-order valence-corrected chi connectivity index (χ2v) is 10.4. The van der Waals surface area contributed by atoms with Crippen LogP contribution in [-0.4, -0.2) is 42.7 Å². The zero-order valence-corrected chi connectivity index (χ0v) is 26.1. The second kappa shape index (κ2) is 14.3. The third kappa shape index (κ3) is 8.73. The standard InChI is InChI=1S/C12H10BrIN2O2S2.C6H9N2S2.HI/c1-17-11-4-10(9(14)3-8(11)13)16-6-7(5-15-16)18-12(19)20-2;1-7-3-4-8(5-7)6(9)10-2;/h3-6H,1-2H3;3-5H,1-2H3;1H/q;+1;/p-1. The Morgan fingerprint density at radius 1 is 1.26 bits per heavy atom. The summed E-state index contributed by atoms with van der Waals surface area (Å²) in [4.78, 5) is 0. The van der Waals surface area contributed by atoms with E-state index < -0.39 is 0 Å². The second-order valence-electron chi connectivity index (χ2n) is 5.57. The van der Waals surface area contributed by atoms with Crippen LogP contribution in [0.5, 0.6) is 11.5 Å². The van der Waals surface area contributed by atoms with Gasteiger partial charge in [0.15, 0.2) is 5.75 Å². The minimum Gasteiger partial charge on any atom is -1.00 e. The molecule has 0 aliphatic heterocycles. The maximum atomic E-state index is 5.45. The number of nitrogens with zero attached hydrogens (tertiary/aromatic N) is 4. The van der Waals surface area contributed by atoms with Crippen molar-refractivity contribution in [3.8, 4) is 17.2 Å². The van der Waals surface area contributed by atoms with E-state index in [1.54, 1.807) is 35.9 Å². The molecule has 0 aliphatic rings. The number of methoxy groups -OCH3 is 1. The SMILES string of the molecule is COc1cc(-n2cc(OC(=S)SC)cn2)c(I)cc1Br.CSC(=S)n1cc[n+](C)c1.[I-]. The molecule has 1 aromatic carbocycles. The lowest BCUT2D eigenvalue weighted by Crippen LogP contribution is -3.00. The number of aromatic nitrogens is 4. The van der Waals surface area contributed by atoms with Crippen molar-refractivity contribution in [2.24, 2.45) is 7.05 Å². The van der Waals surface area contributed by atoms with Gasteiger partial charge in [0.05, 0.1) is 36.7 Å². The molecule has 6 nitrogen and oxygen atoms in total. The summed E-state index contributed by atoms with van der Waals surface area (Å²) in [6, 6.07) is 3.89. The summed E-state index contributed by atoms with van der Waals surface area (Å²) in [6.07, 6.45) is 13.1. The summed E-state index contributed by atoms with van der Waals surface area (Å²) in [6.45, 7) is 0. The van der Waals surface area contributed by atoms with Crippen LogP contribution in [0, 0.1) is 3.57 Å². The van der Waals surface area contributed by atoms with Crippen LogP contribution in [0.25, 0.3) is 5.69 Å². The number of imidazole rings is 1. The van der Waals surface area contributed by atoms with E-state index >= 15 is 0 Å². The molecule has 0 saturated carbocycles. The molecule has 0 saturated heterocycles. The molecule has 0 radical (unpaired) electrons. The van der Waals surface area contributed by atoms with Crippen LogP contribution >= 0.6 is 86.5 Å². The minimum atomic E-state index is 0. The highest BCUT2D eigenvalue weighted by molar-refractivity contribution is 14.1. The average Bonchev–Trinajstić information content (AvgIpc) is 3.37. The quantitative estimate of drug-likeness (QED) is 0.229. The largest absolute Gasteiger partial charge is 1.00 e. The van der Waals surface area contributed by atoms with Crippen molar-refractivity contribution in [2.45, 2.75) is 0 Å². The lowest BCUT2D eigenvalue weighted by Gasteiger charge is -2.09. The lowest BCUT2D eigenvalue weighted by molar-refractivity contribution is -0.670. The molecule has 13 heteroatoms. The summed E-state index contributed by atoms with van der Waals surface area (Å²) in [5.41, 5.74) is 0.913. The Hall–Kier alpha value is 0.0600. The van der Waals surface area contributed by atoms with Crippen LogP contribution in [0.3, 0.4) is 0 Å². The first kappa shape index (κ1) is 29.1. The van der Waals surface area contributed by atoms with E-state index in [4.69, 9.17) is 33.9 Å². The third-order valence-corrected chi connectivity index (χ3v) is 7.30. The number of halogens is 3. The van der Waals surface area contributed by atoms with E-state index in [2.05, 4.69) is 43.6 Å². The topological polar surface area (TPSA) is 45.1 Å². The zero-order chi connectivity index (χ0) is 22.3. The minimum absolute atomic E-state index is 0. The monoisotopic (exact) mass is 784 g/mol. The summed E-state index contributed by atoms with van der Waals surface area (Å²) in [5, 5.41) is 4.29. The third-order valence-electron chi connectivity index (χ3n) is 3.55. The van der Waals surface area contributed by atoms with E-state index in [0.717, 1.165) is 23.8 Å². The van der Waals surface area contributed by atoms with Gasteiger partial charge in [-0.3, -0.25) is 0 Å². The van der Waals surface area contributed by atoms with Gasteiger partial charge in [-0.25, -0.2) is 9.25 Å². The Bertz CT molecular complexity index is 1050. The zero-order valence-electron chi connectivity index (χ0n) is 16.9. The molecule has 0 unspecified atom stereocenters. The maximum absolute atomic E-state index is 5.45. The smallest absolute Gasteiger partial charge is 0.249 e. The van der Waals surface area contributed by atoms with Crippen LogP contribution in [0.15, 0.2) is 47.7 Å². The number of ether oxygens (including phenoxy) is 2. The predicted molar refractivity (Wildman–Crippen MR) is 144 cm³/mol. The molecule has 3 aromatic rings.